The van der Waals surface area contributed by atoms with E-state index in [2.05, 4.69) is 0 Å². The Morgan fingerprint density at radius 1 is 0.947 bits per heavy atom. The van der Waals surface area contributed by atoms with Crippen LogP contribution in [0.3, 0.4) is 0 Å². The highest BCUT2D eigenvalue weighted by atomic mass is 35.5. The molecule has 2 amide bonds. The first-order valence-corrected chi connectivity index (χ1v) is 21.8. The average molecular weight is 853 g/mol. The van der Waals surface area contributed by atoms with Crippen molar-refractivity contribution >= 4 is 45.0 Å². The van der Waals surface area contributed by atoms with Gasteiger partial charge in [0, 0.05) is 57.1 Å². The van der Waals surface area contributed by atoms with Gasteiger partial charge in [-0.15, -0.1) is 4.73 Å². The summed E-state index contributed by atoms with van der Waals surface area (Å²) in [6, 6.07) is 14.2. The third-order valence-corrected chi connectivity index (χ3v) is 11.0. The molecule has 2 aromatic carbocycles. The van der Waals surface area contributed by atoms with Crippen LogP contribution in [0.15, 0.2) is 48.5 Å². The quantitative estimate of drug-likeness (QED) is 0.0640. The first kappa shape index (κ1) is 45.7. The van der Waals surface area contributed by atoms with Crippen LogP contribution in [0, 0.1) is 18.0 Å². The number of sulfone groups is 1. The number of methoxy groups -OCH3 is 1. The minimum atomic E-state index is -3.20. The number of carbonyl (C=O) groups excluding carboxylic acids is 1. The fourth-order valence-corrected chi connectivity index (χ4v) is 7.71. The molecule has 16 heteroatoms. The fourth-order valence-electron chi connectivity index (χ4n) is 6.36. The van der Waals surface area contributed by atoms with Crippen LogP contribution in [0.2, 0.25) is 10.0 Å². The molecular formula is C41H55Cl2N3O10S. The summed E-state index contributed by atoms with van der Waals surface area (Å²) in [5.74, 6) is -0.00772. The number of aryl methyl sites for hydroxylation is 2. The summed E-state index contributed by atoms with van der Waals surface area (Å²) in [5.41, 5.74) is 2.08. The highest BCUT2D eigenvalue weighted by molar-refractivity contribution is 7.90. The molecule has 1 aliphatic carbocycles. The number of benzene rings is 2. The highest BCUT2D eigenvalue weighted by Gasteiger charge is 2.39. The van der Waals surface area contributed by atoms with Gasteiger partial charge in [-0.1, -0.05) is 35.3 Å². The van der Waals surface area contributed by atoms with Crippen molar-refractivity contribution in [1.29, 1.82) is 0 Å². The summed E-state index contributed by atoms with van der Waals surface area (Å²) >= 11 is 12.6. The largest absolute Gasteiger partial charge is 0.616 e. The van der Waals surface area contributed by atoms with E-state index in [0.29, 0.717) is 57.0 Å². The maximum Gasteiger partial charge on any atom is 0.407 e. The SMILES string of the molecule is COCCCc1cc(CN(C(=O)C(Cc2ccc(OCCOc3c(Cl)cc(C)cc3Cl)cc2)CN(C(=O)O)C(C)(C)C)C2CC2)cc(OCCCS(C)(=O)=O)[n+]1[O-]. The van der Waals surface area contributed by atoms with E-state index in [1.165, 1.54) is 4.90 Å². The average Bonchev–Trinajstić information content (AvgIpc) is 3.96. The standard InChI is InChI=1S/C41H55Cl2N3O10S/c1-28-21-35(42)38(36(43)22-28)56-19-18-54-34-14-10-29(11-15-34)23-31(27-45(40(48)49)41(2,3)4)39(47)44(32-12-13-32)26-30-24-33(9-7-16-53-5)46(50)37(25-30)55-17-8-20-57(6,51)52/h10-11,14-15,21-22,24-25,31-32H,7-9,12-13,16-20,23,26-27H2,1-6H3,(H,48,49). The van der Waals surface area contributed by atoms with Crippen molar-refractivity contribution in [2.24, 2.45) is 5.92 Å². The second-order valence-corrected chi connectivity index (χ2v) is 18.6. The van der Waals surface area contributed by atoms with E-state index in [1.807, 2.05) is 19.1 Å². The second kappa shape index (κ2) is 20.6. The van der Waals surface area contributed by atoms with Crippen LogP contribution < -0.4 is 18.9 Å². The number of rotatable bonds is 22. The van der Waals surface area contributed by atoms with Crippen LogP contribution in [0.5, 0.6) is 17.4 Å². The molecule has 0 radical (unpaired) electrons. The van der Waals surface area contributed by atoms with E-state index in [1.54, 1.807) is 69.2 Å². The van der Waals surface area contributed by atoms with Crippen LogP contribution in [-0.4, -0.2) is 99.0 Å². The van der Waals surface area contributed by atoms with Gasteiger partial charge in [0.1, 0.15) is 28.8 Å². The van der Waals surface area contributed by atoms with Gasteiger partial charge in [-0.25, -0.2) is 13.2 Å². The summed E-state index contributed by atoms with van der Waals surface area (Å²) < 4.78 is 46.7. The number of amides is 2. The molecule has 1 unspecified atom stereocenters. The smallest absolute Gasteiger partial charge is 0.407 e. The molecule has 3 aromatic rings. The normalized spacial score (nSPS) is 13.5. The Hall–Kier alpha value is -3.98. The first-order chi connectivity index (χ1) is 26.9. The number of carboxylic acid groups (broad SMARTS) is 1. The van der Waals surface area contributed by atoms with Crippen molar-refractivity contribution in [2.45, 2.75) is 84.3 Å². The van der Waals surface area contributed by atoms with Crippen LogP contribution in [0.4, 0.5) is 4.79 Å². The zero-order valence-electron chi connectivity index (χ0n) is 33.6. The maximum atomic E-state index is 14.7. The number of aromatic nitrogens is 1. The van der Waals surface area contributed by atoms with Crippen molar-refractivity contribution in [1.82, 2.24) is 9.80 Å². The van der Waals surface area contributed by atoms with Gasteiger partial charge in [0.2, 0.25) is 5.91 Å². The van der Waals surface area contributed by atoms with Gasteiger partial charge in [0.05, 0.1) is 34.4 Å². The zero-order chi connectivity index (χ0) is 41.9. The fraction of sp³-hybridized carbons (Fsp3) is 0.537. The van der Waals surface area contributed by atoms with Gasteiger partial charge in [-0.3, -0.25) is 4.79 Å². The molecule has 0 aliphatic heterocycles. The number of ether oxygens (including phenoxy) is 4. The van der Waals surface area contributed by atoms with Gasteiger partial charge in [-0.05, 0) is 101 Å². The van der Waals surface area contributed by atoms with Gasteiger partial charge < -0.3 is 39.1 Å². The number of pyridine rings is 1. The van der Waals surface area contributed by atoms with Gasteiger partial charge in [-0.2, -0.15) is 0 Å². The van der Waals surface area contributed by atoms with Crippen LogP contribution >= 0.6 is 23.2 Å². The van der Waals surface area contributed by atoms with Gasteiger partial charge >= 0.3 is 12.0 Å². The minimum Gasteiger partial charge on any atom is -0.616 e. The summed E-state index contributed by atoms with van der Waals surface area (Å²) in [5, 5.41) is 24.4. The third-order valence-electron chi connectivity index (χ3n) is 9.38. The molecule has 57 heavy (non-hydrogen) atoms. The molecule has 1 aliphatic rings. The number of hydrogen-bond donors (Lipinski definition) is 1. The molecule has 1 N–H and O–H groups in total. The molecule has 0 saturated heterocycles. The third kappa shape index (κ3) is 14.4. The number of hydrogen-bond acceptors (Lipinski definition) is 9. The highest BCUT2D eigenvalue weighted by Crippen LogP contribution is 2.34. The van der Waals surface area contributed by atoms with Crippen molar-refractivity contribution < 1.29 is 46.8 Å². The molecule has 1 aromatic heterocycles. The zero-order valence-corrected chi connectivity index (χ0v) is 35.9. The predicted molar refractivity (Wildman–Crippen MR) is 219 cm³/mol. The Morgan fingerprint density at radius 2 is 1.60 bits per heavy atom. The monoisotopic (exact) mass is 851 g/mol. The molecule has 1 atom stereocenters. The molecular weight excluding hydrogens is 797 g/mol. The predicted octanol–water partition coefficient (Wildman–Crippen LogP) is 6.91. The Bertz CT molecular complexity index is 1910. The lowest BCUT2D eigenvalue weighted by Crippen LogP contribution is -2.51. The summed E-state index contributed by atoms with van der Waals surface area (Å²) in [7, 11) is -1.62. The van der Waals surface area contributed by atoms with Crippen molar-refractivity contribution in [3.63, 3.8) is 0 Å². The summed E-state index contributed by atoms with van der Waals surface area (Å²) in [4.78, 5) is 30.3. The number of carbonyl (C=O) groups is 2. The van der Waals surface area contributed by atoms with Crippen molar-refractivity contribution in [3.8, 4) is 17.4 Å². The molecule has 4 rings (SSSR count). The van der Waals surface area contributed by atoms with E-state index in [0.717, 1.165) is 30.2 Å². The summed E-state index contributed by atoms with van der Waals surface area (Å²) in [6.45, 7) is 8.31. The van der Waals surface area contributed by atoms with Crippen LogP contribution in [0.25, 0.3) is 0 Å². The number of nitrogens with zero attached hydrogens (tertiary/aromatic N) is 3. The molecule has 314 valence electrons. The second-order valence-electron chi connectivity index (χ2n) is 15.5. The Kier molecular flexibility index (Phi) is 16.5. The minimum absolute atomic E-state index is 0.0227. The lowest BCUT2D eigenvalue weighted by Gasteiger charge is -2.37. The molecule has 0 spiro atoms. The molecule has 0 bridgehead atoms. The topological polar surface area (TPSA) is 159 Å². The van der Waals surface area contributed by atoms with E-state index in [4.69, 9.17) is 42.1 Å². The van der Waals surface area contributed by atoms with Crippen LogP contribution in [-0.2, 0) is 38.8 Å². The lowest BCUT2D eigenvalue weighted by atomic mass is 9.94. The molecule has 13 nitrogen and oxygen atoms in total. The van der Waals surface area contributed by atoms with Crippen molar-refractivity contribution in [3.05, 3.63) is 86.2 Å². The van der Waals surface area contributed by atoms with E-state index >= 15 is 0 Å². The Morgan fingerprint density at radius 3 is 2.18 bits per heavy atom. The van der Waals surface area contributed by atoms with Crippen molar-refractivity contribution in [2.75, 3.05) is 52.1 Å². The molecule has 1 heterocycles. The van der Waals surface area contributed by atoms with Gasteiger partial charge in [0.15, 0.2) is 11.4 Å². The van der Waals surface area contributed by atoms with Gasteiger partial charge in [0.25, 0.3) is 0 Å². The number of halogens is 2. The van der Waals surface area contributed by atoms with E-state index in [9.17, 15) is 28.3 Å². The Balaban J connectivity index is 1.54. The first-order valence-electron chi connectivity index (χ1n) is 19.0. The van der Waals surface area contributed by atoms with E-state index in [-0.39, 0.29) is 69.3 Å². The van der Waals surface area contributed by atoms with E-state index < -0.39 is 27.4 Å². The summed E-state index contributed by atoms with van der Waals surface area (Å²) in [6.07, 6.45) is 3.06. The molecule has 1 fully saturated rings. The Labute approximate surface area is 346 Å². The van der Waals surface area contributed by atoms with Crippen LogP contribution in [0.1, 0.15) is 68.8 Å². The molecule has 1 saturated carbocycles. The lowest BCUT2D eigenvalue weighted by molar-refractivity contribution is -0.621. The maximum absolute atomic E-state index is 14.7.